The average molecular weight is 271 g/mol. The predicted molar refractivity (Wildman–Crippen MR) is 77.4 cm³/mol. The van der Waals surface area contributed by atoms with Crippen LogP contribution in [0.3, 0.4) is 0 Å². The molecule has 2 aromatic rings. The number of fused-ring (bicyclic) bond motifs is 1. The normalized spacial score (nSPS) is 17.9. The number of hydrogen-bond acceptors (Lipinski definition) is 6. The van der Waals surface area contributed by atoms with Gasteiger partial charge in [-0.2, -0.15) is 0 Å². The summed E-state index contributed by atoms with van der Waals surface area (Å²) >= 11 is 0. The van der Waals surface area contributed by atoms with Gasteiger partial charge < -0.3 is 20.9 Å². The molecule has 6 nitrogen and oxygen atoms in total. The number of aliphatic imine (C=N–C) groups is 1. The second-order valence-corrected chi connectivity index (χ2v) is 5.00. The van der Waals surface area contributed by atoms with Crippen LogP contribution < -0.4 is 11.5 Å². The summed E-state index contributed by atoms with van der Waals surface area (Å²) in [5.41, 5.74) is 16.6. The van der Waals surface area contributed by atoms with Gasteiger partial charge in [0.25, 0.3) is 0 Å². The van der Waals surface area contributed by atoms with Gasteiger partial charge in [0.15, 0.2) is 5.96 Å². The first-order valence-electron chi connectivity index (χ1n) is 6.39. The van der Waals surface area contributed by atoms with E-state index in [0.717, 1.165) is 33.8 Å². The van der Waals surface area contributed by atoms with E-state index in [4.69, 9.17) is 16.0 Å². The molecule has 0 saturated carbocycles. The van der Waals surface area contributed by atoms with Crippen molar-refractivity contribution < 1.29 is 4.52 Å². The third kappa shape index (κ3) is 1.77. The quantitative estimate of drug-likeness (QED) is 0.825. The molecule has 20 heavy (non-hydrogen) atoms. The van der Waals surface area contributed by atoms with Crippen molar-refractivity contribution in [2.24, 2.45) is 16.5 Å². The molecule has 1 unspecified atom stereocenters. The van der Waals surface area contributed by atoms with Gasteiger partial charge in [-0.05, 0) is 25.5 Å². The van der Waals surface area contributed by atoms with E-state index in [9.17, 15) is 0 Å². The Morgan fingerprint density at radius 2 is 2.05 bits per heavy atom. The van der Waals surface area contributed by atoms with Gasteiger partial charge in [0, 0.05) is 18.2 Å². The van der Waals surface area contributed by atoms with Gasteiger partial charge in [0.1, 0.15) is 11.9 Å². The van der Waals surface area contributed by atoms with E-state index in [1.165, 1.54) is 0 Å². The maximum atomic E-state index is 6.14. The Labute approximate surface area is 117 Å². The molecule has 1 aliphatic heterocycles. The van der Waals surface area contributed by atoms with Crippen molar-refractivity contribution >= 4 is 11.6 Å². The lowest BCUT2D eigenvalue weighted by Gasteiger charge is -2.30. The van der Waals surface area contributed by atoms with Crippen molar-refractivity contribution in [1.29, 1.82) is 0 Å². The van der Waals surface area contributed by atoms with E-state index in [-0.39, 0.29) is 6.17 Å². The zero-order chi connectivity index (χ0) is 14.4. The number of nitrogens with two attached hydrogens (primary N) is 2. The first-order valence-corrected chi connectivity index (χ1v) is 6.39. The molecule has 1 aromatic carbocycles. The van der Waals surface area contributed by atoms with Gasteiger partial charge in [0.05, 0.1) is 11.4 Å². The summed E-state index contributed by atoms with van der Waals surface area (Å²) in [5.74, 6) is 1.21. The van der Waals surface area contributed by atoms with Gasteiger partial charge in [-0.15, -0.1) is 0 Å². The largest absolute Gasteiger partial charge is 0.369 e. The number of guanidine groups is 1. The lowest BCUT2D eigenvalue weighted by molar-refractivity contribution is 0.375. The summed E-state index contributed by atoms with van der Waals surface area (Å²) in [5, 5.41) is 3.98. The lowest BCUT2D eigenvalue weighted by atomic mass is 9.99. The van der Waals surface area contributed by atoms with Crippen LogP contribution in [0.25, 0.3) is 11.1 Å². The summed E-state index contributed by atoms with van der Waals surface area (Å²) in [7, 11) is 1.83. The Bertz CT molecular complexity index is 684. The predicted octanol–water partition coefficient (Wildman–Crippen LogP) is 1.81. The fraction of sp³-hybridized carbons (Fsp3) is 0.286. The summed E-state index contributed by atoms with van der Waals surface area (Å²) < 4.78 is 5.21. The molecule has 6 heteroatoms. The lowest BCUT2D eigenvalue weighted by Crippen LogP contribution is -2.42. The first-order chi connectivity index (χ1) is 9.49. The van der Waals surface area contributed by atoms with Crippen LogP contribution in [0.15, 0.2) is 27.7 Å². The molecule has 4 N–H and O–H groups in total. The number of benzene rings is 1. The van der Waals surface area contributed by atoms with Crippen LogP contribution in [0.4, 0.5) is 5.69 Å². The number of aryl methyl sites for hydroxylation is 2. The minimum Gasteiger partial charge on any atom is -0.369 e. The Morgan fingerprint density at radius 3 is 2.70 bits per heavy atom. The molecule has 0 fully saturated rings. The maximum absolute atomic E-state index is 6.14. The highest BCUT2D eigenvalue weighted by atomic mass is 16.5. The van der Waals surface area contributed by atoms with Crippen molar-refractivity contribution in [3.63, 3.8) is 0 Å². The maximum Gasteiger partial charge on any atom is 0.197 e. The fourth-order valence-electron chi connectivity index (χ4n) is 2.49. The van der Waals surface area contributed by atoms with Crippen LogP contribution in [0.1, 0.15) is 23.2 Å². The minimum atomic E-state index is -0.277. The molecule has 0 spiro atoms. The number of hydrogen-bond donors (Lipinski definition) is 2. The molecule has 1 atom stereocenters. The molecule has 0 saturated heterocycles. The Hall–Kier alpha value is -2.34. The SMILES string of the molecule is Cc1noc(C)c1-c1ccc2c(c1)N=C(N)N(C)C2N. The van der Waals surface area contributed by atoms with Crippen LogP contribution in [0.2, 0.25) is 0 Å². The third-order valence-electron chi connectivity index (χ3n) is 3.68. The molecular formula is C14H17N5O. The van der Waals surface area contributed by atoms with Crippen LogP contribution in [0, 0.1) is 13.8 Å². The molecule has 2 heterocycles. The number of aromatic nitrogens is 1. The highest BCUT2D eigenvalue weighted by Crippen LogP contribution is 2.36. The third-order valence-corrected chi connectivity index (χ3v) is 3.68. The molecule has 0 bridgehead atoms. The van der Waals surface area contributed by atoms with Crippen LogP contribution >= 0.6 is 0 Å². The number of rotatable bonds is 1. The second-order valence-electron chi connectivity index (χ2n) is 5.00. The molecule has 104 valence electrons. The summed E-state index contributed by atoms with van der Waals surface area (Å²) in [6, 6.07) is 5.96. The van der Waals surface area contributed by atoms with Crippen LogP contribution in [-0.2, 0) is 0 Å². The van der Waals surface area contributed by atoms with Crippen molar-refractivity contribution in [2.45, 2.75) is 20.0 Å². The van der Waals surface area contributed by atoms with Crippen LogP contribution in [0.5, 0.6) is 0 Å². The highest BCUT2D eigenvalue weighted by molar-refractivity contribution is 5.85. The van der Waals surface area contributed by atoms with Crippen molar-refractivity contribution in [3.8, 4) is 11.1 Å². The monoisotopic (exact) mass is 271 g/mol. The summed E-state index contributed by atoms with van der Waals surface area (Å²) in [4.78, 5) is 6.14. The molecule has 0 radical (unpaired) electrons. The topological polar surface area (TPSA) is 93.7 Å². The first kappa shape index (κ1) is 12.7. The Kier molecular flexibility index (Phi) is 2.76. The molecule has 1 aliphatic rings. The molecular weight excluding hydrogens is 254 g/mol. The van der Waals surface area contributed by atoms with E-state index in [0.29, 0.717) is 5.96 Å². The van der Waals surface area contributed by atoms with Crippen molar-refractivity contribution in [2.75, 3.05) is 7.05 Å². The summed E-state index contributed by atoms with van der Waals surface area (Å²) in [6.07, 6.45) is -0.277. The molecule has 0 aliphatic carbocycles. The smallest absolute Gasteiger partial charge is 0.197 e. The Morgan fingerprint density at radius 1 is 1.30 bits per heavy atom. The van der Waals surface area contributed by atoms with E-state index in [1.54, 1.807) is 4.90 Å². The molecule has 0 amide bonds. The van der Waals surface area contributed by atoms with Crippen molar-refractivity contribution in [1.82, 2.24) is 10.1 Å². The van der Waals surface area contributed by atoms with Gasteiger partial charge in [-0.1, -0.05) is 17.3 Å². The van der Waals surface area contributed by atoms with E-state index in [2.05, 4.69) is 10.1 Å². The second kappa shape index (κ2) is 4.35. The zero-order valence-electron chi connectivity index (χ0n) is 11.7. The minimum absolute atomic E-state index is 0.277. The van der Waals surface area contributed by atoms with E-state index < -0.39 is 0 Å². The summed E-state index contributed by atoms with van der Waals surface area (Å²) in [6.45, 7) is 3.81. The van der Waals surface area contributed by atoms with Gasteiger partial charge >= 0.3 is 0 Å². The van der Waals surface area contributed by atoms with Crippen LogP contribution in [-0.4, -0.2) is 23.1 Å². The number of nitrogens with zero attached hydrogens (tertiary/aromatic N) is 3. The fourth-order valence-corrected chi connectivity index (χ4v) is 2.49. The highest BCUT2D eigenvalue weighted by Gasteiger charge is 2.23. The molecule has 1 aromatic heterocycles. The van der Waals surface area contributed by atoms with Crippen molar-refractivity contribution in [3.05, 3.63) is 35.2 Å². The Balaban J connectivity index is 2.15. The van der Waals surface area contributed by atoms with Gasteiger partial charge in [-0.3, -0.25) is 0 Å². The van der Waals surface area contributed by atoms with E-state index >= 15 is 0 Å². The zero-order valence-corrected chi connectivity index (χ0v) is 11.7. The van der Waals surface area contributed by atoms with Gasteiger partial charge in [0.2, 0.25) is 0 Å². The van der Waals surface area contributed by atoms with E-state index in [1.807, 2.05) is 39.1 Å². The standard InChI is InChI=1S/C14H17N5O/c1-7-12(8(2)20-18-7)9-4-5-10-11(6-9)17-14(16)19(3)13(10)15/h4-6,13H,15H2,1-3H3,(H2,16,17). The molecule has 3 rings (SSSR count). The average Bonchev–Trinajstić information content (AvgIpc) is 2.75. The van der Waals surface area contributed by atoms with Gasteiger partial charge in [-0.25, -0.2) is 4.99 Å².